The van der Waals surface area contributed by atoms with Gasteiger partial charge in [-0.25, -0.2) is 4.68 Å². The van der Waals surface area contributed by atoms with E-state index in [-0.39, 0.29) is 0 Å². The van der Waals surface area contributed by atoms with Gasteiger partial charge in [-0.3, -0.25) is 4.90 Å². The fraction of sp³-hybridized carbons (Fsp3) is 0.800. The number of hydrogen-bond donors (Lipinski definition) is 1. The minimum Gasteiger partial charge on any atom is -0.481 e. The Bertz CT molecular complexity index is 455. The summed E-state index contributed by atoms with van der Waals surface area (Å²) in [6, 6.07) is 0.928. The Morgan fingerprint density at radius 1 is 1.45 bits per heavy atom. The van der Waals surface area contributed by atoms with Crippen LogP contribution in [-0.4, -0.2) is 48.0 Å². The molecular formula is C15H28N4O. The van der Waals surface area contributed by atoms with Crippen molar-refractivity contribution < 1.29 is 4.74 Å². The molecule has 1 aromatic heterocycles. The Morgan fingerprint density at radius 3 is 2.70 bits per heavy atom. The molecular weight excluding hydrogens is 252 g/mol. The Morgan fingerprint density at radius 2 is 2.15 bits per heavy atom. The van der Waals surface area contributed by atoms with Gasteiger partial charge in [0.2, 0.25) is 5.88 Å². The number of likely N-dealkylation sites (tertiary alicyclic amines) is 1. The van der Waals surface area contributed by atoms with Crippen LogP contribution in [0.1, 0.15) is 37.6 Å². The zero-order chi connectivity index (χ0) is 14.9. The third-order valence-corrected chi connectivity index (χ3v) is 4.39. The highest BCUT2D eigenvalue weighted by Crippen LogP contribution is 2.43. The fourth-order valence-corrected chi connectivity index (χ4v) is 3.58. The molecule has 0 saturated carbocycles. The molecule has 114 valence electrons. The molecule has 1 aliphatic rings. The second-order valence-corrected chi connectivity index (χ2v) is 6.01. The third-order valence-electron chi connectivity index (χ3n) is 4.39. The van der Waals surface area contributed by atoms with Crippen LogP contribution >= 0.6 is 0 Å². The number of aromatic nitrogens is 2. The van der Waals surface area contributed by atoms with Crippen LogP contribution in [0.15, 0.2) is 0 Å². The van der Waals surface area contributed by atoms with Crippen LogP contribution in [0, 0.1) is 12.8 Å². The van der Waals surface area contributed by atoms with Crippen LogP contribution in [-0.2, 0) is 7.05 Å². The molecule has 5 heteroatoms. The SMILES string of the molecule is CNCC1CCN(C(C)C)C1c1c(C)nn(C)c1OC. The first-order valence-corrected chi connectivity index (χ1v) is 7.49. The molecule has 1 N–H and O–H groups in total. The molecule has 2 unspecified atom stereocenters. The normalized spacial score (nSPS) is 23.8. The molecule has 1 saturated heterocycles. The molecule has 1 fully saturated rings. The van der Waals surface area contributed by atoms with Gasteiger partial charge in [0, 0.05) is 19.1 Å². The quantitative estimate of drug-likeness (QED) is 0.892. The molecule has 0 spiro atoms. The number of methoxy groups -OCH3 is 1. The number of nitrogens with zero attached hydrogens (tertiary/aromatic N) is 3. The molecule has 0 aliphatic carbocycles. The van der Waals surface area contributed by atoms with Gasteiger partial charge in [0.25, 0.3) is 0 Å². The van der Waals surface area contributed by atoms with Crippen molar-refractivity contribution >= 4 is 0 Å². The lowest BCUT2D eigenvalue weighted by Gasteiger charge is -2.31. The second-order valence-electron chi connectivity index (χ2n) is 6.01. The molecule has 2 heterocycles. The summed E-state index contributed by atoms with van der Waals surface area (Å²) in [6.45, 7) is 8.81. The summed E-state index contributed by atoms with van der Waals surface area (Å²) in [7, 11) is 5.72. The summed E-state index contributed by atoms with van der Waals surface area (Å²) in [5.41, 5.74) is 2.35. The average Bonchev–Trinajstić information content (AvgIpc) is 2.90. The first-order chi connectivity index (χ1) is 9.51. The van der Waals surface area contributed by atoms with E-state index in [1.54, 1.807) is 7.11 Å². The van der Waals surface area contributed by atoms with Crippen LogP contribution in [0.3, 0.4) is 0 Å². The van der Waals surface area contributed by atoms with E-state index >= 15 is 0 Å². The highest BCUT2D eigenvalue weighted by Gasteiger charge is 2.40. The van der Waals surface area contributed by atoms with E-state index in [9.17, 15) is 0 Å². The number of rotatable bonds is 5. The van der Waals surface area contributed by atoms with E-state index in [1.807, 2.05) is 18.8 Å². The molecule has 0 aromatic carbocycles. The van der Waals surface area contributed by atoms with Gasteiger partial charge in [-0.15, -0.1) is 0 Å². The van der Waals surface area contributed by atoms with Gasteiger partial charge < -0.3 is 10.1 Å². The largest absolute Gasteiger partial charge is 0.481 e. The van der Waals surface area contributed by atoms with E-state index in [4.69, 9.17) is 4.74 Å². The molecule has 5 nitrogen and oxygen atoms in total. The predicted molar refractivity (Wildman–Crippen MR) is 81.1 cm³/mol. The van der Waals surface area contributed by atoms with Gasteiger partial charge in [-0.1, -0.05) is 0 Å². The molecule has 2 atom stereocenters. The predicted octanol–water partition coefficient (Wildman–Crippen LogP) is 1.73. The summed E-state index contributed by atoms with van der Waals surface area (Å²) in [5, 5.41) is 7.90. The zero-order valence-corrected chi connectivity index (χ0v) is 13.6. The molecule has 0 bridgehead atoms. The molecule has 2 rings (SSSR count). The lowest BCUT2D eigenvalue weighted by Crippen LogP contribution is -2.34. The maximum Gasteiger partial charge on any atom is 0.216 e. The third kappa shape index (κ3) is 2.56. The molecule has 0 amide bonds. The van der Waals surface area contributed by atoms with Crippen LogP contribution in [0.2, 0.25) is 0 Å². The van der Waals surface area contributed by atoms with Crippen molar-refractivity contribution in [1.82, 2.24) is 20.0 Å². The average molecular weight is 280 g/mol. The number of hydrogen-bond acceptors (Lipinski definition) is 4. The number of aryl methyl sites for hydroxylation is 2. The molecule has 1 aliphatic heterocycles. The maximum absolute atomic E-state index is 5.62. The Labute approximate surface area is 122 Å². The van der Waals surface area contributed by atoms with Crippen molar-refractivity contribution in [3.8, 4) is 5.88 Å². The summed E-state index contributed by atoms with van der Waals surface area (Å²) < 4.78 is 7.48. The van der Waals surface area contributed by atoms with E-state index in [0.29, 0.717) is 18.0 Å². The minimum atomic E-state index is 0.395. The molecule has 1 aromatic rings. The lowest BCUT2D eigenvalue weighted by molar-refractivity contribution is 0.178. The van der Waals surface area contributed by atoms with Crippen molar-refractivity contribution in [2.75, 3.05) is 27.2 Å². The van der Waals surface area contributed by atoms with Crippen molar-refractivity contribution in [3.05, 3.63) is 11.3 Å². The van der Waals surface area contributed by atoms with Crippen LogP contribution in [0.4, 0.5) is 0 Å². The van der Waals surface area contributed by atoms with Crippen LogP contribution in [0.25, 0.3) is 0 Å². The Balaban J connectivity index is 2.44. The summed E-state index contributed by atoms with van der Waals surface area (Å²) in [6.07, 6.45) is 1.22. The summed E-state index contributed by atoms with van der Waals surface area (Å²) in [5.74, 6) is 1.51. The van der Waals surface area contributed by atoms with Gasteiger partial charge in [0.05, 0.1) is 18.4 Å². The Hall–Kier alpha value is -1.07. The van der Waals surface area contributed by atoms with E-state index in [0.717, 1.165) is 24.7 Å². The topological polar surface area (TPSA) is 42.3 Å². The number of ether oxygens (including phenoxy) is 1. The second kappa shape index (κ2) is 6.14. The van der Waals surface area contributed by atoms with Crippen molar-refractivity contribution in [3.63, 3.8) is 0 Å². The standard InChI is InChI=1S/C15H28N4O/c1-10(2)19-8-7-12(9-16-4)14(19)13-11(3)17-18(5)15(13)20-6/h10,12,14,16H,7-9H2,1-6H3. The maximum atomic E-state index is 5.62. The molecule has 20 heavy (non-hydrogen) atoms. The fourth-order valence-electron chi connectivity index (χ4n) is 3.58. The van der Waals surface area contributed by atoms with Crippen molar-refractivity contribution in [1.29, 1.82) is 0 Å². The van der Waals surface area contributed by atoms with E-state index < -0.39 is 0 Å². The lowest BCUT2D eigenvalue weighted by atomic mass is 9.93. The summed E-state index contributed by atoms with van der Waals surface area (Å²) in [4.78, 5) is 2.58. The Kier molecular flexibility index (Phi) is 4.70. The van der Waals surface area contributed by atoms with E-state index in [1.165, 1.54) is 12.0 Å². The minimum absolute atomic E-state index is 0.395. The summed E-state index contributed by atoms with van der Waals surface area (Å²) >= 11 is 0. The van der Waals surface area contributed by atoms with E-state index in [2.05, 4.69) is 36.1 Å². The highest BCUT2D eigenvalue weighted by molar-refractivity contribution is 5.35. The highest BCUT2D eigenvalue weighted by atomic mass is 16.5. The van der Waals surface area contributed by atoms with Crippen LogP contribution < -0.4 is 10.1 Å². The monoisotopic (exact) mass is 280 g/mol. The van der Waals surface area contributed by atoms with Crippen molar-refractivity contribution in [2.24, 2.45) is 13.0 Å². The number of nitrogens with one attached hydrogen (secondary N) is 1. The zero-order valence-electron chi connectivity index (χ0n) is 13.6. The first kappa shape index (κ1) is 15.3. The van der Waals surface area contributed by atoms with Gasteiger partial charge in [0.15, 0.2) is 0 Å². The van der Waals surface area contributed by atoms with Gasteiger partial charge in [-0.05, 0) is 53.2 Å². The smallest absolute Gasteiger partial charge is 0.216 e. The van der Waals surface area contributed by atoms with Crippen LogP contribution in [0.5, 0.6) is 5.88 Å². The van der Waals surface area contributed by atoms with Crippen molar-refractivity contribution in [2.45, 2.75) is 39.3 Å². The van der Waals surface area contributed by atoms with Gasteiger partial charge >= 0.3 is 0 Å². The van der Waals surface area contributed by atoms with Gasteiger partial charge in [0.1, 0.15) is 0 Å². The van der Waals surface area contributed by atoms with Gasteiger partial charge in [-0.2, -0.15) is 5.10 Å². The molecule has 0 radical (unpaired) electrons. The first-order valence-electron chi connectivity index (χ1n) is 7.49.